The number of aromatic nitrogens is 2. The van der Waals surface area contributed by atoms with Crippen LogP contribution in [0, 0.1) is 23.7 Å². The molecule has 2 amide bonds. The van der Waals surface area contributed by atoms with E-state index in [0.717, 1.165) is 34.1 Å². The van der Waals surface area contributed by atoms with Crippen LogP contribution >= 0.6 is 0 Å². The SMILES string of the molecule is O=C1C2C3C=CC(C3)C2C(=O)N1c1ccc(-c2nc(-c3ccccc3)nc3ccccc23)cc1. The number of nitrogens with zero attached hydrogens (tertiary/aromatic N) is 3. The predicted octanol–water partition coefficient (Wildman–Crippen LogP) is 5.28. The fourth-order valence-electron chi connectivity index (χ4n) is 5.94. The number of imide groups is 1. The Hall–Kier alpha value is -4.12. The Kier molecular flexibility index (Phi) is 4.09. The van der Waals surface area contributed by atoms with Crippen molar-refractivity contribution >= 4 is 28.4 Å². The predicted molar refractivity (Wildman–Crippen MR) is 131 cm³/mol. The van der Waals surface area contributed by atoms with Crippen molar-refractivity contribution in [1.29, 1.82) is 0 Å². The first-order chi connectivity index (χ1) is 16.7. The van der Waals surface area contributed by atoms with E-state index in [2.05, 4.69) is 12.2 Å². The molecule has 7 rings (SSSR count). The van der Waals surface area contributed by atoms with Crippen molar-refractivity contribution in [1.82, 2.24) is 9.97 Å². The van der Waals surface area contributed by atoms with Crippen molar-refractivity contribution in [2.24, 2.45) is 23.7 Å². The number of fused-ring (bicyclic) bond motifs is 6. The first kappa shape index (κ1) is 19.4. The fourth-order valence-corrected chi connectivity index (χ4v) is 5.94. The molecule has 2 aliphatic carbocycles. The van der Waals surface area contributed by atoms with Crippen LogP contribution in [-0.2, 0) is 9.59 Å². The Morgan fingerprint density at radius 1 is 0.676 bits per heavy atom. The van der Waals surface area contributed by atoms with Gasteiger partial charge in [0.25, 0.3) is 0 Å². The molecular formula is C29H21N3O2. The van der Waals surface area contributed by atoms with Crippen molar-refractivity contribution in [3.05, 3.63) is 91.0 Å². The summed E-state index contributed by atoms with van der Waals surface area (Å²) in [7, 11) is 0. The van der Waals surface area contributed by atoms with Crippen LogP contribution < -0.4 is 4.90 Å². The molecule has 3 aliphatic rings. The Balaban J connectivity index is 1.28. The molecule has 1 aromatic heterocycles. The average Bonchev–Trinajstić information content (AvgIpc) is 3.58. The van der Waals surface area contributed by atoms with Crippen LogP contribution in [0.1, 0.15) is 6.42 Å². The summed E-state index contributed by atoms with van der Waals surface area (Å²) in [6, 6.07) is 25.5. The molecule has 2 fully saturated rings. The number of anilines is 1. The molecule has 5 nitrogen and oxygen atoms in total. The maximum Gasteiger partial charge on any atom is 0.238 e. The summed E-state index contributed by atoms with van der Waals surface area (Å²) >= 11 is 0. The standard InChI is InChI=1S/C29H21N3O2/c33-28-24-19-10-11-20(16-19)25(24)29(34)32(28)21-14-12-17(13-15-21)26-22-8-4-5-9-23(22)30-27(31-26)18-6-2-1-3-7-18/h1-15,19-20,24-25H,16H2. The molecule has 5 heteroatoms. The van der Waals surface area contributed by atoms with Crippen molar-refractivity contribution < 1.29 is 9.59 Å². The minimum Gasteiger partial charge on any atom is -0.274 e. The van der Waals surface area contributed by atoms with E-state index < -0.39 is 0 Å². The van der Waals surface area contributed by atoms with Gasteiger partial charge in [-0.2, -0.15) is 0 Å². The highest BCUT2D eigenvalue weighted by atomic mass is 16.2. The number of carbonyl (C=O) groups excluding carboxylic acids is 2. The topological polar surface area (TPSA) is 63.2 Å². The molecule has 4 atom stereocenters. The van der Waals surface area contributed by atoms with Crippen molar-refractivity contribution in [2.45, 2.75) is 6.42 Å². The van der Waals surface area contributed by atoms with Gasteiger partial charge in [-0.1, -0.05) is 72.8 Å². The first-order valence-corrected chi connectivity index (χ1v) is 11.7. The van der Waals surface area contributed by atoms with E-state index in [4.69, 9.17) is 9.97 Å². The lowest BCUT2D eigenvalue weighted by molar-refractivity contribution is -0.123. The zero-order valence-electron chi connectivity index (χ0n) is 18.3. The van der Waals surface area contributed by atoms with Crippen LogP contribution in [0.4, 0.5) is 5.69 Å². The maximum absolute atomic E-state index is 13.2. The molecule has 34 heavy (non-hydrogen) atoms. The van der Waals surface area contributed by atoms with Crippen LogP contribution in [-0.4, -0.2) is 21.8 Å². The Morgan fingerprint density at radius 2 is 1.32 bits per heavy atom. The second kappa shape index (κ2) is 7.19. The number of amides is 2. The highest BCUT2D eigenvalue weighted by Gasteiger charge is 2.59. The monoisotopic (exact) mass is 443 g/mol. The van der Waals surface area contributed by atoms with Gasteiger partial charge in [0.15, 0.2) is 5.82 Å². The summed E-state index contributed by atoms with van der Waals surface area (Å²) in [5, 5.41) is 0.959. The lowest BCUT2D eigenvalue weighted by Crippen LogP contribution is -2.32. The zero-order valence-corrected chi connectivity index (χ0v) is 18.3. The number of benzene rings is 3. The van der Waals surface area contributed by atoms with E-state index in [1.165, 1.54) is 4.90 Å². The largest absolute Gasteiger partial charge is 0.274 e. The smallest absolute Gasteiger partial charge is 0.238 e. The van der Waals surface area contributed by atoms with Crippen molar-refractivity contribution in [3.8, 4) is 22.6 Å². The normalized spacial score (nSPS) is 24.9. The fraction of sp³-hybridized carbons (Fsp3) is 0.172. The second-order valence-corrected chi connectivity index (χ2v) is 9.34. The van der Waals surface area contributed by atoms with Crippen LogP contribution in [0.15, 0.2) is 91.0 Å². The number of rotatable bonds is 3. The molecule has 0 spiro atoms. The van der Waals surface area contributed by atoms with Gasteiger partial charge in [-0.3, -0.25) is 14.5 Å². The molecule has 2 bridgehead atoms. The molecule has 2 heterocycles. The Labute approximate surface area is 196 Å². The summed E-state index contributed by atoms with van der Waals surface area (Å²) in [4.78, 5) is 37.4. The van der Waals surface area contributed by atoms with E-state index >= 15 is 0 Å². The summed E-state index contributed by atoms with van der Waals surface area (Å²) in [6.45, 7) is 0. The van der Waals surface area contributed by atoms with Gasteiger partial charge in [-0.05, 0) is 36.5 Å². The van der Waals surface area contributed by atoms with Crippen LogP contribution in [0.3, 0.4) is 0 Å². The highest BCUT2D eigenvalue weighted by Crippen LogP contribution is 2.53. The Bertz CT molecular complexity index is 1460. The third kappa shape index (κ3) is 2.73. The number of carbonyl (C=O) groups is 2. The molecule has 3 aromatic carbocycles. The maximum atomic E-state index is 13.2. The molecule has 1 aliphatic heterocycles. The van der Waals surface area contributed by atoms with E-state index in [-0.39, 0.29) is 35.5 Å². The number of para-hydroxylation sites is 1. The third-order valence-electron chi connectivity index (χ3n) is 7.50. The number of allylic oxidation sites excluding steroid dienone is 2. The van der Waals surface area contributed by atoms with Crippen molar-refractivity contribution in [2.75, 3.05) is 4.90 Å². The van der Waals surface area contributed by atoms with Gasteiger partial charge in [-0.25, -0.2) is 9.97 Å². The summed E-state index contributed by atoms with van der Waals surface area (Å²) in [5.41, 5.74) is 4.20. The lowest BCUT2D eigenvalue weighted by atomic mass is 9.85. The van der Waals surface area contributed by atoms with Gasteiger partial charge in [0.05, 0.1) is 28.7 Å². The minimum atomic E-state index is -0.193. The summed E-state index contributed by atoms with van der Waals surface area (Å²) in [5.74, 6) is 0.581. The molecule has 164 valence electrons. The van der Waals surface area contributed by atoms with E-state index in [1.807, 2.05) is 78.9 Å². The second-order valence-electron chi connectivity index (χ2n) is 9.34. The van der Waals surface area contributed by atoms with Crippen LogP contribution in [0.5, 0.6) is 0 Å². The first-order valence-electron chi connectivity index (χ1n) is 11.7. The lowest BCUT2D eigenvalue weighted by Gasteiger charge is -2.18. The van der Waals surface area contributed by atoms with Gasteiger partial charge >= 0.3 is 0 Å². The van der Waals surface area contributed by atoms with Gasteiger partial charge in [-0.15, -0.1) is 0 Å². The molecule has 4 unspecified atom stereocenters. The molecule has 1 saturated carbocycles. The van der Waals surface area contributed by atoms with E-state index in [0.29, 0.717) is 11.5 Å². The zero-order chi connectivity index (χ0) is 22.8. The molecule has 0 N–H and O–H groups in total. The molecule has 0 radical (unpaired) electrons. The van der Waals surface area contributed by atoms with E-state index in [9.17, 15) is 9.59 Å². The molecule has 4 aromatic rings. The van der Waals surface area contributed by atoms with Gasteiger partial charge in [0, 0.05) is 16.5 Å². The highest BCUT2D eigenvalue weighted by molar-refractivity contribution is 6.22. The minimum absolute atomic E-state index is 0.0570. The van der Waals surface area contributed by atoms with Crippen molar-refractivity contribution in [3.63, 3.8) is 0 Å². The van der Waals surface area contributed by atoms with Gasteiger partial charge in [0.2, 0.25) is 11.8 Å². The average molecular weight is 444 g/mol. The van der Waals surface area contributed by atoms with Gasteiger partial charge < -0.3 is 0 Å². The Morgan fingerprint density at radius 3 is 2.03 bits per heavy atom. The number of hydrogen-bond acceptors (Lipinski definition) is 4. The third-order valence-corrected chi connectivity index (χ3v) is 7.50. The molecule has 1 saturated heterocycles. The molecular weight excluding hydrogens is 422 g/mol. The van der Waals surface area contributed by atoms with Crippen LogP contribution in [0.2, 0.25) is 0 Å². The summed E-state index contributed by atoms with van der Waals surface area (Å²) < 4.78 is 0. The van der Waals surface area contributed by atoms with Gasteiger partial charge in [0.1, 0.15) is 0 Å². The quantitative estimate of drug-likeness (QED) is 0.319. The summed E-state index contributed by atoms with van der Waals surface area (Å²) in [6.07, 6.45) is 5.17. The van der Waals surface area contributed by atoms with E-state index in [1.54, 1.807) is 0 Å². The number of hydrogen-bond donors (Lipinski definition) is 0. The van der Waals surface area contributed by atoms with Crippen LogP contribution in [0.25, 0.3) is 33.5 Å².